The van der Waals surface area contributed by atoms with Gasteiger partial charge in [0.2, 0.25) is 4.77 Å². The highest BCUT2D eigenvalue weighted by Gasteiger charge is 2.29. The van der Waals surface area contributed by atoms with Crippen LogP contribution >= 0.6 is 12.2 Å². The average molecular weight is 377 g/mol. The van der Waals surface area contributed by atoms with Gasteiger partial charge in [-0.3, -0.25) is 9.78 Å². The van der Waals surface area contributed by atoms with Crippen LogP contribution in [0.15, 0.2) is 24.5 Å². The Labute approximate surface area is 158 Å². The van der Waals surface area contributed by atoms with E-state index in [1.165, 1.54) is 4.90 Å². The molecule has 3 heterocycles. The molecule has 26 heavy (non-hydrogen) atoms. The first kappa shape index (κ1) is 18.7. The maximum absolute atomic E-state index is 11.9. The standard InChI is InChI=1S/C18H25N5O2S/c1-3-22-16(14-5-9-19-10-6-14)20-23(18(22)26)13-21-11-7-15(8-12-21)17(24)25-4-2/h5-6,9-10,15H,3-4,7-8,11-13H2,1-2H3/p+1. The number of rotatable bonds is 6. The minimum absolute atomic E-state index is 0.0345. The van der Waals surface area contributed by atoms with Gasteiger partial charge in [0.25, 0.3) is 0 Å². The molecule has 2 aromatic rings. The predicted octanol–water partition coefficient (Wildman–Crippen LogP) is 1.31. The van der Waals surface area contributed by atoms with Gasteiger partial charge < -0.3 is 14.2 Å². The molecular weight excluding hydrogens is 350 g/mol. The van der Waals surface area contributed by atoms with Gasteiger partial charge in [-0.15, -0.1) is 5.10 Å². The largest absolute Gasteiger partial charge is 0.466 e. The number of esters is 1. The van der Waals surface area contributed by atoms with Crippen molar-refractivity contribution < 1.29 is 14.4 Å². The average Bonchev–Trinajstić information content (AvgIpc) is 2.99. The number of quaternary nitrogens is 1. The number of piperidine rings is 1. The van der Waals surface area contributed by atoms with Gasteiger partial charge in [-0.2, -0.15) is 4.68 Å². The Morgan fingerprint density at radius 3 is 2.62 bits per heavy atom. The molecule has 1 N–H and O–H groups in total. The van der Waals surface area contributed by atoms with Crippen molar-refractivity contribution in [1.29, 1.82) is 0 Å². The molecule has 1 aliphatic rings. The van der Waals surface area contributed by atoms with Crippen LogP contribution in [0.5, 0.6) is 0 Å². The number of carbonyl (C=O) groups is 1. The molecule has 1 saturated heterocycles. The molecule has 0 bridgehead atoms. The fourth-order valence-corrected chi connectivity index (χ4v) is 3.76. The van der Waals surface area contributed by atoms with E-state index in [4.69, 9.17) is 22.1 Å². The van der Waals surface area contributed by atoms with Gasteiger partial charge >= 0.3 is 5.97 Å². The first-order chi connectivity index (χ1) is 12.6. The lowest BCUT2D eigenvalue weighted by Crippen LogP contribution is -3.12. The molecule has 0 saturated carbocycles. The highest BCUT2D eigenvalue weighted by Crippen LogP contribution is 2.17. The minimum atomic E-state index is -0.0570. The summed E-state index contributed by atoms with van der Waals surface area (Å²) in [6, 6.07) is 3.90. The first-order valence-corrected chi connectivity index (χ1v) is 9.63. The van der Waals surface area contributed by atoms with Crippen LogP contribution in [0.2, 0.25) is 0 Å². The zero-order valence-corrected chi connectivity index (χ0v) is 16.2. The van der Waals surface area contributed by atoms with Crippen LogP contribution < -0.4 is 4.90 Å². The molecule has 0 amide bonds. The lowest BCUT2D eigenvalue weighted by Gasteiger charge is -2.27. The highest BCUT2D eigenvalue weighted by molar-refractivity contribution is 7.71. The monoisotopic (exact) mass is 376 g/mol. The Kier molecular flexibility index (Phi) is 6.16. The van der Waals surface area contributed by atoms with Gasteiger partial charge in [0.15, 0.2) is 12.5 Å². The van der Waals surface area contributed by atoms with E-state index in [0.717, 1.165) is 55.3 Å². The van der Waals surface area contributed by atoms with Crippen LogP contribution in [-0.4, -0.2) is 45.0 Å². The molecule has 1 aliphatic heterocycles. The van der Waals surface area contributed by atoms with E-state index in [1.54, 1.807) is 12.4 Å². The number of hydrogen-bond acceptors (Lipinski definition) is 5. The lowest BCUT2D eigenvalue weighted by atomic mass is 9.97. The van der Waals surface area contributed by atoms with Crippen molar-refractivity contribution in [3.05, 3.63) is 29.3 Å². The van der Waals surface area contributed by atoms with Crippen LogP contribution in [-0.2, 0) is 22.7 Å². The summed E-state index contributed by atoms with van der Waals surface area (Å²) in [5.74, 6) is 0.853. The quantitative estimate of drug-likeness (QED) is 0.608. The van der Waals surface area contributed by atoms with Crippen molar-refractivity contribution in [2.45, 2.75) is 39.9 Å². The molecule has 140 valence electrons. The summed E-state index contributed by atoms with van der Waals surface area (Å²) in [6.07, 6.45) is 5.24. The number of ether oxygens (including phenoxy) is 1. The van der Waals surface area contributed by atoms with Gasteiger partial charge in [0, 0.05) is 37.3 Å². The SMILES string of the molecule is CCOC(=O)C1CC[NH+](Cn2nc(-c3ccncc3)n(CC)c2=S)CC1. The molecule has 0 atom stereocenters. The van der Waals surface area contributed by atoms with Gasteiger partial charge in [-0.05, 0) is 38.2 Å². The van der Waals surface area contributed by atoms with E-state index in [2.05, 4.69) is 16.5 Å². The molecule has 7 nitrogen and oxygen atoms in total. The van der Waals surface area contributed by atoms with E-state index in [1.807, 2.05) is 23.7 Å². The Balaban J connectivity index is 1.71. The fraction of sp³-hybridized carbons (Fsp3) is 0.556. The molecule has 0 aromatic carbocycles. The first-order valence-electron chi connectivity index (χ1n) is 9.22. The van der Waals surface area contributed by atoms with Crippen LogP contribution in [0.25, 0.3) is 11.4 Å². The highest BCUT2D eigenvalue weighted by atomic mass is 32.1. The summed E-state index contributed by atoms with van der Waals surface area (Å²) in [7, 11) is 0. The number of aromatic nitrogens is 4. The molecule has 0 spiro atoms. The summed E-state index contributed by atoms with van der Waals surface area (Å²) >= 11 is 5.64. The van der Waals surface area contributed by atoms with E-state index < -0.39 is 0 Å². The van der Waals surface area contributed by atoms with Crippen molar-refractivity contribution >= 4 is 18.2 Å². The zero-order chi connectivity index (χ0) is 18.5. The van der Waals surface area contributed by atoms with Crippen LogP contribution in [0.4, 0.5) is 0 Å². The number of nitrogens with zero attached hydrogens (tertiary/aromatic N) is 4. The second kappa shape index (κ2) is 8.55. The number of pyridine rings is 1. The Morgan fingerprint density at radius 2 is 2.00 bits per heavy atom. The zero-order valence-electron chi connectivity index (χ0n) is 15.4. The van der Waals surface area contributed by atoms with E-state index in [9.17, 15) is 4.79 Å². The normalized spacial score (nSPS) is 20.1. The maximum atomic E-state index is 11.9. The lowest BCUT2D eigenvalue weighted by molar-refractivity contribution is -0.929. The molecule has 8 heteroatoms. The number of hydrogen-bond donors (Lipinski definition) is 1. The van der Waals surface area contributed by atoms with E-state index in [-0.39, 0.29) is 11.9 Å². The van der Waals surface area contributed by atoms with E-state index in [0.29, 0.717) is 6.61 Å². The topological polar surface area (TPSA) is 66.4 Å². The van der Waals surface area contributed by atoms with Gasteiger partial charge in [-0.1, -0.05) is 0 Å². The van der Waals surface area contributed by atoms with Crippen molar-refractivity contribution in [3.63, 3.8) is 0 Å². The van der Waals surface area contributed by atoms with Crippen molar-refractivity contribution in [2.75, 3.05) is 19.7 Å². The molecule has 2 aromatic heterocycles. The van der Waals surface area contributed by atoms with Gasteiger partial charge in [0.1, 0.15) is 0 Å². The Morgan fingerprint density at radius 1 is 1.31 bits per heavy atom. The summed E-state index contributed by atoms with van der Waals surface area (Å²) < 4.78 is 9.84. The molecule has 0 aliphatic carbocycles. The Hall–Kier alpha value is -2.06. The molecule has 0 radical (unpaired) electrons. The maximum Gasteiger partial charge on any atom is 0.309 e. The smallest absolute Gasteiger partial charge is 0.309 e. The molecular formula is C18H26N5O2S+. The molecule has 0 unspecified atom stereocenters. The summed E-state index contributed by atoms with van der Waals surface area (Å²) in [4.78, 5) is 17.4. The Bertz CT molecular complexity index is 794. The second-order valence-corrected chi connectivity index (χ2v) is 6.89. The minimum Gasteiger partial charge on any atom is -0.466 e. The summed E-state index contributed by atoms with van der Waals surface area (Å²) in [5.41, 5.74) is 1.02. The second-order valence-electron chi connectivity index (χ2n) is 6.52. The number of likely N-dealkylation sites (tertiary alicyclic amines) is 1. The van der Waals surface area contributed by atoms with Gasteiger partial charge in [0.05, 0.1) is 25.6 Å². The number of nitrogens with one attached hydrogen (secondary N) is 1. The number of carbonyl (C=O) groups excluding carboxylic acids is 1. The van der Waals surface area contributed by atoms with Crippen molar-refractivity contribution in [3.8, 4) is 11.4 Å². The molecule has 1 fully saturated rings. The molecule has 3 rings (SSSR count). The third kappa shape index (κ3) is 4.02. The summed E-state index contributed by atoms with van der Waals surface area (Å²) in [6.45, 7) is 7.72. The third-order valence-electron chi connectivity index (χ3n) is 4.86. The summed E-state index contributed by atoms with van der Waals surface area (Å²) in [5, 5.41) is 4.76. The van der Waals surface area contributed by atoms with Gasteiger partial charge in [-0.25, -0.2) is 0 Å². The van der Waals surface area contributed by atoms with Crippen LogP contribution in [0.3, 0.4) is 0 Å². The van der Waals surface area contributed by atoms with Crippen molar-refractivity contribution in [2.24, 2.45) is 5.92 Å². The van der Waals surface area contributed by atoms with Crippen LogP contribution in [0.1, 0.15) is 26.7 Å². The third-order valence-corrected chi connectivity index (χ3v) is 5.29. The van der Waals surface area contributed by atoms with E-state index >= 15 is 0 Å². The van der Waals surface area contributed by atoms with Crippen molar-refractivity contribution in [1.82, 2.24) is 19.3 Å². The predicted molar refractivity (Wildman–Crippen MR) is 100 cm³/mol. The fourth-order valence-electron chi connectivity index (χ4n) is 3.44. The van der Waals surface area contributed by atoms with Crippen LogP contribution in [0, 0.1) is 10.7 Å².